The molecule has 0 aliphatic rings. The summed E-state index contributed by atoms with van der Waals surface area (Å²) >= 11 is 0. The summed E-state index contributed by atoms with van der Waals surface area (Å²) in [6.45, 7) is 0. The standard InChI is InChI=1S/C10H3F5O/c11-4-2-1-3-5(6(4)12)7(13)8(14)9(15)10(3)16/h1-2,16H. The van der Waals surface area contributed by atoms with E-state index in [4.69, 9.17) is 5.11 Å². The smallest absolute Gasteiger partial charge is 0.204 e. The van der Waals surface area contributed by atoms with Crippen molar-refractivity contribution >= 4 is 10.8 Å². The van der Waals surface area contributed by atoms with Gasteiger partial charge in [0.05, 0.1) is 5.39 Å². The molecule has 0 atom stereocenters. The van der Waals surface area contributed by atoms with Crippen LogP contribution in [0.4, 0.5) is 22.0 Å². The van der Waals surface area contributed by atoms with Gasteiger partial charge in [0, 0.05) is 5.39 Å². The Hall–Kier alpha value is -1.85. The fraction of sp³-hybridized carbons (Fsp3) is 0. The summed E-state index contributed by atoms with van der Waals surface area (Å²) in [5, 5.41) is 7.36. The minimum Gasteiger partial charge on any atom is -0.504 e. The van der Waals surface area contributed by atoms with Gasteiger partial charge in [-0.25, -0.2) is 17.6 Å². The molecule has 16 heavy (non-hydrogen) atoms. The van der Waals surface area contributed by atoms with Crippen LogP contribution in [-0.2, 0) is 0 Å². The number of rotatable bonds is 0. The second kappa shape index (κ2) is 3.33. The van der Waals surface area contributed by atoms with Gasteiger partial charge in [0.15, 0.2) is 29.0 Å². The molecule has 0 bridgehead atoms. The maximum atomic E-state index is 13.1. The molecule has 0 unspecified atom stereocenters. The summed E-state index contributed by atoms with van der Waals surface area (Å²) in [4.78, 5) is 0. The Bertz CT molecular complexity index is 594. The van der Waals surface area contributed by atoms with Crippen molar-refractivity contribution in [1.82, 2.24) is 0 Å². The van der Waals surface area contributed by atoms with Crippen LogP contribution in [0.1, 0.15) is 0 Å². The van der Waals surface area contributed by atoms with Gasteiger partial charge in [-0.05, 0) is 12.1 Å². The lowest BCUT2D eigenvalue weighted by Gasteiger charge is -2.06. The molecule has 0 aliphatic heterocycles. The Balaban J connectivity index is 3.09. The van der Waals surface area contributed by atoms with Gasteiger partial charge in [-0.15, -0.1) is 0 Å². The molecule has 0 amide bonds. The number of fused-ring (bicyclic) bond motifs is 1. The number of benzene rings is 2. The van der Waals surface area contributed by atoms with Crippen LogP contribution in [0.2, 0.25) is 0 Å². The van der Waals surface area contributed by atoms with E-state index in [1.54, 1.807) is 0 Å². The van der Waals surface area contributed by atoms with Crippen LogP contribution in [-0.4, -0.2) is 5.11 Å². The van der Waals surface area contributed by atoms with Gasteiger partial charge in [-0.3, -0.25) is 0 Å². The average Bonchev–Trinajstić information content (AvgIpc) is 2.27. The van der Waals surface area contributed by atoms with Crippen LogP contribution in [0.5, 0.6) is 5.75 Å². The van der Waals surface area contributed by atoms with Gasteiger partial charge in [0.2, 0.25) is 5.82 Å². The van der Waals surface area contributed by atoms with E-state index in [9.17, 15) is 22.0 Å². The van der Waals surface area contributed by atoms with Crippen molar-refractivity contribution in [2.75, 3.05) is 0 Å². The lowest BCUT2D eigenvalue weighted by Crippen LogP contribution is -1.97. The Labute approximate surface area is 85.7 Å². The molecular formula is C10H3F5O. The Kier molecular flexibility index (Phi) is 2.22. The van der Waals surface area contributed by atoms with E-state index in [0.717, 1.165) is 6.07 Å². The van der Waals surface area contributed by atoms with Crippen LogP contribution < -0.4 is 0 Å². The summed E-state index contributed by atoms with van der Waals surface area (Å²) in [6, 6.07) is 1.34. The highest BCUT2D eigenvalue weighted by molar-refractivity contribution is 5.89. The van der Waals surface area contributed by atoms with Crippen molar-refractivity contribution in [3.63, 3.8) is 0 Å². The number of hydrogen-bond acceptors (Lipinski definition) is 1. The lowest BCUT2D eigenvalue weighted by molar-refractivity contribution is 0.393. The molecule has 0 aliphatic carbocycles. The maximum Gasteiger partial charge on any atom is 0.204 e. The highest BCUT2D eigenvalue weighted by Crippen LogP contribution is 2.34. The van der Waals surface area contributed by atoms with E-state index >= 15 is 0 Å². The van der Waals surface area contributed by atoms with Gasteiger partial charge in [-0.2, -0.15) is 4.39 Å². The zero-order chi connectivity index (χ0) is 12.0. The highest BCUT2D eigenvalue weighted by Gasteiger charge is 2.23. The van der Waals surface area contributed by atoms with Crippen LogP contribution in [0.3, 0.4) is 0 Å². The first-order valence-corrected chi connectivity index (χ1v) is 4.08. The minimum absolute atomic E-state index is 0.578. The SMILES string of the molecule is Oc1c(F)c(F)c(F)c2c(F)c(F)ccc12. The van der Waals surface area contributed by atoms with Crippen molar-refractivity contribution in [2.24, 2.45) is 0 Å². The predicted octanol–water partition coefficient (Wildman–Crippen LogP) is 3.24. The van der Waals surface area contributed by atoms with Gasteiger partial charge in [0.25, 0.3) is 0 Å². The molecule has 0 aromatic heterocycles. The molecule has 0 spiro atoms. The zero-order valence-electron chi connectivity index (χ0n) is 7.49. The third-order valence-corrected chi connectivity index (χ3v) is 2.16. The van der Waals surface area contributed by atoms with E-state index in [-0.39, 0.29) is 0 Å². The molecule has 1 nitrogen and oxygen atoms in total. The summed E-state index contributed by atoms with van der Waals surface area (Å²) in [7, 11) is 0. The van der Waals surface area contributed by atoms with Gasteiger partial charge < -0.3 is 5.11 Å². The summed E-state index contributed by atoms with van der Waals surface area (Å²) < 4.78 is 64.7. The molecule has 0 saturated carbocycles. The normalized spacial score (nSPS) is 11.1. The Morgan fingerprint density at radius 2 is 1.38 bits per heavy atom. The van der Waals surface area contributed by atoms with E-state index < -0.39 is 45.6 Å². The molecule has 0 fully saturated rings. The summed E-state index contributed by atoms with van der Waals surface area (Å²) in [5.74, 6) is -10.1. The third-order valence-electron chi connectivity index (χ3n) is 2.16. The van der Waals surface area contributed by atoms with Gasteiger partial charge in [-0.1, -0.05) is 0 Å². The first-order chi connectivity index (χ1) is 7.45. The molecule has 84 valence electrons. The summed E-state index contributed by atoms with van der Waals surface area (Å²) in [5.41, 5.74) is 0. The number of aromatic hydroxyl groups is 1. The van der Waals surface area contributed by atoms with Crippen LogP contribution in [0.15, 0.2) is 12.1 Å². The molecule has 2 aromatic rings. The van der Waals surface area contributed by atoms with Crippen LogP contribution >= 0.6 is 0 Å². The van der Waals surface area contributed by atoms with Gasteiger partial charge >= 0.3 is 0 Å². The van der Waals surface area contributed by atoms with Crippen molar-refractivity contribution in [3.05, 3.63) is 41.2 Å². The van der Waals surface area contributed by atoms with Crippen molar-refractivity contribution < 1.29 is 27.1 Å². The minimum atomic E-state index is -2.05. The average molecular weight is 234 g/mol. The zero-order valence-corrected chi connectivity index (χ0v) is 7.49. The monoisotopic (exact) mass is 234 g/mol. The largest absolute Gasteiger partial charge is 0.504 e. The molecule has 1 N–H and O–H groups in total. The molecular weight excluding hydrogens is 231 g/mol. The summed E-state index contributed by atoms with van der Waals surface area (Å²) in [6.07, 6.45) is 0. The highest BCUT2D eigenvalue weighted by atomic mass is 19.2. The molecule has 6 heteroatoms. The van der Waals surface area contributed by atoms with Crippen molar-refractivity contribution in [2.45, 2.75) is 0 Å². The Morgan fingerprint density at radius 3 is 2.00 bits per heavy atom. The van der Waals surface area contributed by atoms with E-state index in [1.807, 2.05) is 0 Å². The first kappa shape index (κ1) is 10.7. The third kappa shape index (κ3) is 1.22. The number of halogens is 5. The molecule has 2 rings (SSSR count). The predicted molar refractivity (Wildman–Crippen MR) is 45.4 cm³/mol. The van der Waals surface area contributed by atoms with Crippen LogP contribution in [0.25, 0.3) is 10.8 Å². The van der Waals surface area contributed by atoms with Crippen molar-refractivity contribution in [1.29, 1.82) is 0 Å². The lowest BCUT2D eigenvalue weighted by atomic mass is 10.1. The van der Waals surface area contributed by atoms with E-state index in [0.29, 0.717) is 6.07 Å². The molecule has 0 saturated heterocycles. The maximum absolute atomic E-state index is 13.1. The van der Waals surface area contributed by atoms with Crippen LogP contribution in [0, 0.1) is 29.1 Å². The Morgan fingerprint density at radius 1 is 0.750 bits per heavy atom. The topological polar surface area (TPSA) is 20.2 Å². The number of phenols is 1. The number of phenolic OH excluding ortho intramolecular Hbond substituents is 1. The quantitative estimate of drug-likeness (QED) is 0.548. The molecule has 2 aromatic carbocycles. The molecule has 0 radical (unpaired) electrons. The first-order valence-electron chi connectivity index (χ1n) is 4.08. The fourth-order valence-corrected chi connectivity index (χ4v) is 1.39. The van der Waals surface area contributed by atoms with E-state index in [2.05, 4.69) is 0 Å². The second-order valence-electron chi connectivity index (χ2n) is 3.07. The molecule has 0 heterocycles. The van der Waals surface area contributed by atoms with Crippen molar-refractivity contribution in [3.8, 4) is 5.75 Å². The van der Waals surface area contributed by atoms with Gasteiger partial charge in [0.1, 0.15) is 0 Å². The fourth-order valence-electron chi connectivity index (χ4n) is 1.39. The van der Waals surface area contributed by atoms with E-state index in [1.165, 1.54) is 0 Å². The number of hydrogen-bond donors (Lipinski definition) is 1. The second-order valence-corrected chi connectivity index (χ2v) is 3.07.